The van der Waals surface area contributed by atoms with Gasteiger partial charge in [-0.15, -0.1) is 0 Å². The van der Waals surface area contributed by atoms with Crippen molar-refractivity contribution in [2.24, 2.45) is 5.92 Å². The molecule has 2 atom stereocenters. The van der Waals surface area contributed by atoms with Crippen LogP contribution in [0.1, 0.15) is 66.2 Å². The van der Waals surface area contributed by atoms with Crippen molar-refractivity contribution < 1.29 is 24.3 Å². The van der Waals surface area contributed by atoms with Crippen molar-refractivity contribution in [1.82, 2.24) is 16.0 Å². The van der Waals surface area contributed by atoms with Crippen LogP contribution >= 0.6 is 0 Å². The van der Waals surface area contributed by atoms with Crippen LogP contribution in [0.5, 0.6) is 0 Å². The van der Waals surface area contributed by atoms with Gasteiger partial charge in [-0.3, -0.25) is 14.4 Å². The van der Waals surface area contributed by atoms with E-state index in [1.165, 1.54) is 0 Å². The lowest BCUT2D eigenvalue weighted by molar-refractivity contribution is -0.143. The van der Waals surface area contributed by atoms with Gasteiger partial charge in [-0.25, -0.2) is 4.79 Å². The highest BCUT2D eigenvalue weighted by Gasteiger charge is 2.32. The molecule has 1 aliphatic rings. The number of nitrogens with one attached hydrogen (secondary N) is 3. The van der Waals surface area contributed by atoms with E-state index < -0.39 is 42.2 Å². The van der Waals surface area contributed by atoms with Gasteiger partial charge in [0.25, 0.3) is 5.91 Å². The summed E-state index contributed by atoms with van der Waals surface area (Å²) >= 11 is 0. The SMILES string of the molecule is CCCC(NC(C)(C)C)C(=O)C(=O)NCC(=O)NC(C(=O)O)C1CCCC1. The smallest absolute Gasteiger partial charge is 0.326 e. The van der Waals surface area contributed by atoms with Crippen LogP contribution in [-0.2, 0) is 19.2 Å². The monoisotopic (exact) mass is 383 g/mol. The molecule has 1 rings (SSSR count). The summed E-state index contributed by atoms with van der Waals surface area (Å²) in [5.74, 6) is -3.23. The van der Waals surface area contributed by atoms with E-state index >= 15 is 0 Å². The highest BCUT2D eigenvalue weighted by molar-refractivity contribution is 6.38. The lowest BCUT2D eigenvalue weighted by atomic mass is 9.98. The first-order chi connectivity index (χ1) is 12.5. The Morgan fingerprint density at radius 3 is 2.19 bits per heavy atom. The average Bonchev–Trinajstić information content (AvgIpc) is 3.09. The molecule has 0 spiro atoms. The van der Waals surface area contributed by atoms with Crippen LogP contribution < -0.4 is 16.0 Å². The van der Waals surface area contributed by atoms with E-state index in [1.54, 1.807) is 0 Å². The molecule has 2 unspecified atom stereocenters. The molecule has 154 valence electrons. The molecule has 0 aromatic carbocycles. The molecule has 1 fully saturated rings. The van der Waals surface area contributed by atoms with Crippen LogP contribution in [0.2, 0.25) is 0 Å². The third kappa shape index (κ3) is 8.07. The normalized spacial score (nSPS) is 17.2. The third-order valence-electron chi connectivity index (χ3n) is 4.59. The Morgan fingerprint density at radius 1 is 1.11 bits per heavy atom. The quantitative estimate of drug-likeness (QED) is 0.417. The van der Waals surface area contributed by atoms with Crippen LogP contribution in [0, 0.1) is 5.92 Å². The van der Waals surface area contributed by atoms with Gasteiger partial charge in [-0.05, 0) is 46.0 Å². The standard InChI is InChI=1S/C19H33N3O5/c1-5-8-13(22-19(2,3)4)16(24)17(25)20-11-14(23)21-15(18(26)27)12-9-6-7-10-12/h12-13,15,22H,5-11H2,1-4H3,(H,20,25)(H,21,23)(H,26,27). The lowest BCUT2D eigenvalue weighted by Crippen LogP contribution is -2.53. The predicted molar refractivity (Wildman–Crippen MR) is 101 cm³/mol. The number of hydrogen-bond acceptors (Lipinski definition) is 5. The molecular weight excluding hydrogens is 350 g/mol. The van der Waals surface area contributed by atoms with E-state index in [0.717, 1.165) is 32.1 Å². The zero-order valence-corrected chi connectivity index (χ0v) is 16.8. The van der Waals surface area contributed by atoms with Gasteiger partial charge in [-0.2, -0.15) is 0 Å². The lowest BCUT2D eigenvalue weighted by Gasteiger charge is -2.27. The average molecular weight is 383 g/mol. The van der Waals surface area contributed by atoms with E-state index in [1.807, 2.05) is 27.7 Å². The maximum Gasteiger partial charge on any atom is 0.326 e. The number of carbonyl (C=O) groups is 4. The number of carboxylic acids is 1. The van der Waals surface area contributed by atoms with E-state index in [-0.39, 0.29) is 11.5 Å². The minimum atomic E-state index is -1.07. The molecule has 4 N–H and O–H groups in total. The van der Waals surface area contributed by atoms with Gasteiger partial charge in [0.2, 0.25) is 11.7 Å². The van der Waals surface area contributed by atoms with Crippen molar-refractivity contribution in [2.75, 3.05) is 6.54 Å². The number of ketones is 1. The fraction of sp³-hybridized carbons (Fsp3) is 0.789. The minimum Gasteiger partial charge on any atom is -0.480 e. The largest absolute Gasteiger partial charge is 0.480 e. The zero-order chi connectivity index (χ0) is 20.6. The summed E-state index contributed by atoms with van der Waals surface area (Å²) in [7, 11) is 0. The van der Waals surface area contributed by atoms with Crippen molar-refractivity contribution in [2.45, 2.75) is 83.8 Å². The molecule has 0 bridgehead atoms. The first-order valence-corrected chi connectivity index (χ1v) is 9.67. The molecule has 1 saturated carbocycles. The Labute approximate surface area is 160 Å². The number of carbonyl (C=O) groups excluding carboxylic acids is 3. The molecule has 1 aliphatic carbocycles. The number of aliphatic carboxylic acids is 1. The fourth-order valence-corrected chi connectivity index (χ4v) is 3.38. The molecule has 0 aromatic rings. The van der Waals surface area contributed by atoms with E-state index in [0.29, 0.717) is 6.42 Å². The summed E-state index contributed by atoms with van der Waals surface area (Å²) in [4.78, 5) is 47.9. The van der Waals surface area contributed by atoms with Crippen LogP contribution in [0.15, 0.2) is 0 Å². The first kappa shape index (κ1) is 23.1. The number of carboxylic acid groups (broad SMARTS) is 1. The highest BCUT2D eigenvalue weighted by Crippen LogP contribution is 2.27. The second-order valence-electron chi connectivity index (χ2n) is 8.21. The molecule has 27 heavy (non-hydrogen) atoms. The third-order valence-corrected chi connectivity index (χ3v) is 4.59. The maximum absolute atomic E-state index is 12.4. The summed E-state index contributed by atoms with van der Waals surface area (Å²) < 4.78 is 0. The Morgan fingerprint density at radius 2 is 1.70 bits per heavy atom. The van der Waals surface area contributed by atoms with Gasteiger partial charge in [-0.1, -0.05) is 26.2 Å². The van der Waals surface area contributed by atoms with Crippen molar-refractivity contribution in [1.29, 1.82) is 0 Å². The van der Waals surface area contributed by atoms with Gasteiger partial charge < -0.3 is 21.1 Å². The van der Waals surface area contributed by atoms with Gasteiger partial charge in [0.1, 0.15) is 6.04 Å². The molecular formula is C19H33N3O5. The number of amides is 2. The Hall–Kier alpha value is -1.96. The van der Waals surface area contributed by atoms with Crippen molar-refractivity contribution in [3.63, 3.8) is 0 Å². The van der Waals surface area contributed by atoms with Crippen molar-refractivity contribution >= 4 is 23.6 Å². The van der Waals surface area contributed by atoms with Gasteiger partial charge >= 0.3 is 5.97 Å². The Kier molecular flexibility index (Phi) is 8.88. The highest BCUT2D eigenvalue weighted by atomic mass is 16.4. The number of rotatable bonds is 10. The summed E-state index contributed by atoms with van der Waals surface area (Å²) in [5.41, 5.74) is -0.330. The van der Waals surface area contributed by atoms with Gasteiger partial charge in [0.05, 0.1) is 12.6 Å². The van der Waals surface area contributed by atoms with Crippen LogP contribution in [0.25, 0.3) is 0 Å². The molecule has 0 radical (unpaired) electrons. The fourth-order valence-electron chi connectivity index (χ4n) is 3.38. The second kappa shape index (κ2) is 10.4. The van der Waals surface area contributed by atoms with Crippen molar-refractivity contribution in [3.8, 4) is 0 Å². The predicted octanol–water partition coefficient (Wildman–Crippen LogP) is 0.988. The van der Waals surface area contributed by atoms with Gasteiger partial charge in [0.15, 0.2) is 0 Å². The van der Waals surface area contributed by atoms with Crippen LogP contribution in [-0.4, -0.2) is 52.8 Å². The number of hydrogen-bond donors (Lipinski definition) is 4. The molecule has 0 aromatic heterocycles. The molecule has 8 nitrogen and oxygen atoms in total. The molecule has 2 amide bonds. The first-order valence-electron chi connectivity index (χ1n) is 9.67. The van der Waals surface area contributed by atoms with Crippen LogP contribution in [0.4, 0.5) is 0 Å². The maximum atomic E-state index is 12.4. The molecule has 0 heterocycles. The van der Waals surface area contributed by atoms with E-state index in [2.05, 4.69) is 16.0 Å². The van der Waals surface area contributed by atoms with E-state index in [4.69, 9.17) is 0 Å². The summed E-state index contributed by atoms with van der Waals surface area (Å²) in [6.45, 7) is 7.22. The zero-order valence-electron chi connectivity index (χ0n) is 16.8. The topological polar surface area (TPSA) is 125 Å². The van der Waals surface area contributed by atoms with Crippen molar-refractivity contribution in [3.05, 3.63) is 0 Å². The summed E-state index contributed by atoms with van der Waals surface area (Å²) in [6, 6.07) is -1.58. The van der Waals surface area contributed by atoms with E-state index in [9.17, 15) is 24.3 Å². The van der Waals surface area contributed by atoms with Crippen LogP contribution in [0.3, 0.4) is 0 Å². The Bertz CT molecular complexity index is 550. The minimum absolute atomic E-state index is 0.0892. The Balaban J connectivity index is 2.56. The molecule has 8 heteroatoms. The van der Waals surface area contributed by atoms with Gasteiger partial charge in [0, 0.05) is 5.54 Å². The summed E-state index contributed by atoms with van der Waals surface area (Å²) in [6.07, 6.45) is 4.68. The number of Topliss-reactive ketones (excluding diaryl/α,β-unsaturated/α-hetero) is 1. The molecule has 0 aliphatic heterocycles. The second-order valence-corrected chi connectivity index (χ2v) is 8.21. The molecule has 0 saturated heterocycles. The summed E-state index contributed by atoms with van der Waals surface area (Å²) in [5, 5.41) is 17.2.